The zero-order valence-electron chi connectivity index (χ0n) is 26.6. The van der Waals surface area contributed by atoms with E-state index in [1.165, 1.54) is 23.0 Å². The summed E-state index contributed by atoms with van der Waals surface area (Å²) in [4.78, 5) is 44.4. The molecule has 0 saturated carbocycles. The molecule has 0 unspecified atom stereocenters. The van der Waals surface area contributed by atoms with Crippen molar-refractivity contribution in [1.82, 2.24) is 4.57 Å². The monoisotopic (exact) mass is 710 g/mol. The molecule has 0 spiro atoms. The Morgan fingerprint density at radius 1 is 0.938 bits per heavy atom. The van der Waals surface area contributed by atoms with Crippen LogP contribution in [0.1, 0.15) is 43.5 Å². The number of carbonyl (C=O) groups excluding carboxylic acids is 2. The van der Waals surface area contributed by atoms with Crippen molar-refractivity contribution in [3.63, 3.8) is 0 Å². The third-order valence-corrected chi connectivity index (χ3v) is 8.67. The summed E-state index contributed by atoms with van der Waals surface area (Å²) < 4.78 is 29.5. The molecule has 5 rings (SSSR count). The van der Waals surface area contributed by atoms with Crippen molar-refractivity contribution in [2.24, 2.45) is 4.99 Å². The maximum absolute atomic E-state index is 14.2. The number of halogens is 2. The van der Waals surface area contributed by atoms with E-state index in [0.29, 0.717) is 60.1 Å². The van der Waals surface area contributed by atoms with Crippen molar-refractivity contribution in [1.29, 1.82) is 0 Å². The summed E-state index contributed by atoms with van der Waals surface area (Å²) in [5.74, 6) is -0.0421. The zero-order valence-corrected chi connectivity index (χ0v) is 28.9. The van der Waals surface area contributed by atoms with Gasteiger partial charge in [0.05, 0.1) is 42.2 Å². The SMILES string of the molecule is CCOC(=O)C1=C(C)N=c2s/c(=C/c3cc(Cl)ccc3OCc3cccc(Cl)c3)c(=O)n2[C@@H]1c1ccc(OCC(=O)OC)c(OCC)c1. The van der Waals surface area contributed by atoms with Crippen LogP contribution in [-0.4, -0.2) is 43.4 Å². The van der Waals surface area contributed by atoms with Gasteiger partial charge in [0.1, 0.15) is 12.4 Å². The third-order valence-electron chi connectivity index (χ3n) is 7.22. The molecule has 3 aromatic carbocycles. The molecule has 0 saturated heterocycles. The van der Waals surface area contributed by atoms with Crippen LogP contribution in [0.15, 0.2) is 81.7 Å². The third kappa shape index (κ3) is 7.75. The molecule has 2 heterocycles. The number of fused-ring (bicyclic) bond motifs is 1. The van der Waals surface area contributed by atoms with E-state index >= 15 is 0 Å². The van der Waals surface area contributed by atoms with Crippen molar-refractivity contribution < 1.29 is 33.3 Å². The Morgan fingerprint density at radius 2 is 1.71 bits per heavy atom. The lowest BCUT2D eigenvalue weighted by atomic mass is 9.95. The molecule has 0 N–H and O–H groups in total. The highest BCUT2D eigenvalue weighted by atomic mass is 35.5. The standard InChI is InChI=1S/C35H32Cl2N2O8S/c1-5-44-28-16-22(10-12-27(28)47-19-30(40)43-4)32-31(34(42)45-6-2)20(3)38-35-39(32)33(41)29(48-35)17-23-15-25(37)11-13-26(23)46-18-21-8-7-9-24(36)14-21/h7-17,32H,5-6,18-19H2,1-4H3/b29-17+/t32-/m1/s1. The van der Waals surface area contributed by atoms with Gasteiger partial charge in [-0.2, -0.15) is 0 Å². The predicted molar refractivity (Wildman–Crippen MR) is 183 cm³/mol. The molecule has 48 heavy (non-hydrogen) atoms. The van der Waals surface area contributed by atoms with Crippen LogP contribution in [0, 0.1) is 0 Å². The van der Waals surface area contributed by atoms with Gasteiger partial charge in [-0.05, 0) is 80.4 Å². The number of allylic oxidation sites excluding steroid dienone is 1. The molecule has 0 bridgehead atoms. The van der Waals surface area contributed by atoms with E-state index in [2.05, 4.69) is 9.73 Å². The average Bonchev–Trinajstić information content (AvgIpc) is 3.36. The predicted octanol–water partition coefficient (Wildman–Crippen LogP) is 5.63. The number of rotatable bonds is 12. The summed E-state index contributed by atoms with van der Waals surface area (Å²) in [6, 6.07) is 16.6. The van der Waals surface area contributed by atoms with E-state index < -0.39 is 18.0 Å². The number of benzene rings is 3. The molecular formula is C35H32Cl2N2O8S. The van der Waals surface area contributed by atoms with Gasteiger partial charge >= 0.3 is 11.9 Å². The van der Waals surface area contributed by atoms with Crippen molar-refractivity contribution in [2.75, 3.05) is 26.9 Å². The first-order valence-corrected chi connectivity index (χ1v) is 16.5. The molecule has 250 valence electrons. The van der Waals surface area contributed by atoms with E-state index in [1.807, 2.05) is 18.2 Å². The largest absolute Gasteiger partial charge is 0.490 e. The number of ether oxygens (including phenoxy) is 5. The summed E-state index contributed by atoms with van der Waals surface area (Å²) in [6.45, 7) is 5.55. The van der Waals surface area contributed by atoms with Gasteiger partial charge in [-0.3, -0.25) is 9.36 Å². The van der Waals surface area contributed by atoms with Crippen LogP contribution >= 0.6 is 34.5 Å². The highest BCUT2D eigenvalue weighted by molar-refractivity contribution is 7.07. The molecule has 10 nitrogen and oxygen atoms in total. The van der Waals surface area contributed by atoms with Gasteiger partial charge in [0.25, 0.3) is 5.56 Å². The Labute approximate surface area is 290 Å². The summed E-state index contributed by atoms with van der Waals surface area (Å²) in [5, 5.41) is 1.05. The number of methoxy groups -OCH3 is 1. The molecule has 0 fully saturated rings. The molecule has 1 atom stereocenters. The van der Waals surface area contributed by atoms with Gasteiger partial charge < -0.3 is 23.7 Å². The fourth-order valence-corrected chi connectivity index (χ4v) is 6.51. The van der Waals surface area contributed by atoms with Crippen LogP contribution in [-0.2, 0) is 25.7 Å². The first-order valence-electron chi connectivity index (χ1n) is 15.0. The second kappa shape index (κ2) is 15.5. The van der Waals surface area contributed by atoms with E-state index in [9.17, 15) is 14.4 Å². The quantitative estimate of drug-likeness (QED) is 0.174. The van der Waals surface area contributed by atoms with Crippen LogP contribution in [0.3, 0.4) is 0 Å². The normalized spacial score (nSPS) is 14.2. The maximum atomic E-state index is 14.2. The molecule has 1 aliphatic heterocycles. The molecule has 0 aliphatic carbocycles. The Bertz CT molecular complexity index is 2070. The highest BCUT2D eigenvalue weighted by Crippen LogP contribution is 2.36. The average molecular weight is 712 g/mol. The number of thiazole rings is 1. The number of hydrogen-bond acceptors (Lipinski definition) is 10. The van der Waals surface area contributed by atoms with Crippen molar-refractivity contribution in [2.45, 2.75) is 33.4 Å². The Kier molecular flexibility index (Phi) is 11.3. The van der Waals surface area contributed by atoms with Gasteiger partial charge in [0.15, 0.2) is 22.9 Å². The van der Waals surface area contributed by atoms with E-state index in [4.69, 9.17) is 42.1 Å². The lowest BCUT2D eigenvalue weighted by molar-refractivity contribution is -0.143. The van der Waals surface area contributed by atoms with Crippen LogP contribution in [0.4, 0.5) is 0 Å². The van der Waals surface area contributed by atoms with Crippen LogP contribution < -0.4 is 29.1 Å². The molecule has 1 aliphatic rings. The first kappa shape index (κ1) is 34.7. The fraction of sp³-hybridized carbons (Fsp3) is 0.257. The van der Waals surface area contributed by atoms with E-state index in [0.717, 1.165) is 5.56 Å². The Hall–Kier alpha value is -4.58. The second-order valence-electron chi connectivity index (χ2n) is 10.4. The number of nitrogens with zero attached hydrogens (tertiary/aromatic N) is 2. The van der Waals surface area contributed by atoms with Gasteiger partial charge in [-0.15, -0.1) is 0 Å². The molecule has 0 radical (unpaired) electrons. The number of esters is 2. The fourth-order valence-electron chi connectivity index (χ4n) is 5.08. The number of aromatic nitrogens is 1. The first-order chi connectivity index (χ1) is 23.1. The molecule has 13 heteroatoms. The topological polar surface area (TPSA) is 115 Å². The molecule has 4 aromatic rings. The summed E-state index contributed by atoms with van der Waals surface area (Å²) in [6.07, 6.45) is 1.69. The van der Waals surface area contributed by atoms with E-state index in [1.54, 1.807) is 69.3 Å². The highest BCUT2D eigenvalue weighted by Gasteiger charge is 2.34. The smallest absolute Gasteiger partial charge is 0.343 e. The summed E-state index contributed by atoms with van der Waals surface area (Å²) in [5.41, 5.74) is 2.22. The van der Waals surface area contributed by atoms with Gasteiger partial charge in [-0.25, -0.2) is 14.6 Å². The van der Waals surface area contributed by atoms with Gasteiger partial charge in [0, 0.05) is 15.6 Å². The number of hydrogen-bond donors (Lipinski definition) is 0. The summed E-state index contributed by atoms with van der Waals surface area (Å²) in [7, 11) is 1.27. The van der Waals surface area contributed by atoms with Gasteiger partial charge in [-0.1, -0.05) is 52.7 Å². The minimum Gasteiger partial charge on any atom is -0.490 e. The maximum Gasteiger partial charge on any atom is 0.343 e. The molecule has 1 aromatic heterocycles. The second-order valence-corrected chi connectivity index (χ2v) is 12.3. The van der Waals surface area contributed by atoms with Crippen LogP contribution in [0.5, 0.6) is 17.2 Å². The lowest BCUT2D eigenvalue weighted by Crippen LogP contribution is -2.40. The Morgan fingerprint density at radius 3 is 2.44 bits per heavy atom. The number of carbonyl (C=O) groups is 2. The minimum absolute atomic E-state index is 0.129. The van der Waals surface area contributed by atoms with Crippen molar-refractivity contribution in [3.8, 4) is 17.2 Å². The van der Waals surface area contributed by atoms with Crippen molar-refractivity contribution >= 4 is 52.6 Å². The lowest BCUT2D eigenvalue weighted by Gasteiger charge is -2.25. The molecular weight excluding hydrogens is 679 g/mol. The minimum atomic E-state index is -0.908. The Balaban J connectivity index is 1.62. The molecule has 0 amide bonds. The van der Waals surface area contributed by atoms with Crippen molar-refractivity contribution in [3.05, 3.63) is 118 Å². The summed E-state index contributed by atoms with van der Waals surface area (Å²) >= 11 is 13.7. The van der Waals surface area contributed by atoms with Crippen LogP contribution in [0.2, 0.25) is 10.0 Å². The van der Waals surface area contributed by atoms with Crippen LogP contribution in [0.25, 0.3) is 6.08 Å². The van der Waals surface area contributed by atoms with Gasteiger partial charge in [0.2, 0.25) is 0 Å². The van der Waals surface area contributed by atoms with E-state index in [-0.39, 0.29) is 31.0 Å². The zero-order chi connectivity index (χ0) is 34.4.